The molecule has 0 spiro atoms. The van der Waals surface area contributed by atoms with E-state index in [9.17, 15) is 4.79 Å². The van der Waals surface area contributed by atoms with Crippen molar-refractivity contribution in [3.63, 3.8) is 0 Å². The predicted octanol–water partition coefficient (Wildman–Crippen LogP) is 6.03. The van der Waals surface area contributed by atoms with Crippen molar-refractivity contribution >= 4 is 52.0 Å². The number of amides is 1. The van der Waals surface area contributed by atoms with Gasteiger partial charge in [0.2, 0.25) is 0 Å². The van der Waals surface area contributed by atoms with E-state index in [1.54, 1.807) is 19.3 Å². The molecule has 1 amide bonds. The SMILES string of the molecule is CCOC(=O)Nc1cc(NC(c2ccc(Cl)cc2)c2ccc(Cl)cc2)c2[nH]cnc2n1. The van der Waals surface area contributed by atoms with Gasteiger partial charge in [-0.25, -0.2) is 14.8 Å². The van der Waals surface area contributed by atoms with Crippen molar-refractivity contribution in [1.29, 1.82) is 0 Å². The van der Waals surface area contributed by atoms with E-state index in [1.807, 2.05) is 48.5 Å². The van der Waals surface area contributed by atoms with Crippen molar-refractivity contribution in [2.75, 3.05) is 17.2 Å². The molecule has 2 aromatic heterocycles. The van der Waals surface area contributed by atoms with E-state index in [0.29, 0.717) is 32.7 Å². The number of benzene rings is 2. The average Bonchev–Trinajstić information content (AvgIpc) is 3.22. The number of nitrogens with one attached hydrogen (secondary N) is 3. The molecule has 0 saturated heterocycles. The van der Waals surface area contributed by atoms with Crippen LogP contribution in [0.25, 0.3) is 11.2 Å². The maximum absolute atomic E-state index is 11.9. The fraction of sp³-hybridized carbons (Fsp3) is 0.136. The Hall–Kier alpha value is -3.29. The number of aromatic nitrogens is 3. The second kappa shape index (κ2) is 9.24. The monoisotopic (exact) mass is 455 g/mol. The minimum Gasteiger partial charge on any atom is -0.450 e. The van der Waals surface area contributed by atoms with Gasteiger partial charge in [0.25, 0.3) is 0 Å². The highest BCUT2D eigenvalue weighted by molar-refractivity contribution is 6.30. The van der Waals surface area contributed by atoms with E-state index >= 15 is 0 Å². The number of anilines is 2. The summed E-state index contributed by atoms with van der Waals surface area (Å²) in [5, 5.41) is 7.47. The summed E-state index contributed by atoms with van der Waals surface area (Å²) < 4.78 is 4.96. The van der Waals surface area contributed by atoms with Crippen LogP contribution < -0.4 is 10.6 Å². The number of carbonyl (C=O) groups is 1. The number of rotatable bonds is 6. The van der Waals surface area contributed by atoms with E-state index in [4.69, 9.17) is 27.9 Å². The minimum atomic E-state index is -0.581. The molecule has 0 aliphatic carbocycles. The van der Waals surface area contributed by atoms with Crippen LogP contribution in [0.3, 0.4) is 0 Å². The second-order valence-electron chi connectivity index (χ2n) is 6.68. The predicted molar refractivity (Wildman–Crippen MR) is 123 cm³/mol. The lowest BCUT2D eigenvalue weighted by atomic mass is 9.98. The second-order valence-corrected chi connectivity index (χ2v) is 7.55. The van der Waals surface area contributed by atoms with E-state index in [0.717, 1.165) is 11.1 Å². The van der Waals surface area contributed by atoms with Gasteiger partial charge < -0.3 is 15.0 Å². The summed E-state index contributed by atoms with van der Waals surface area (Å²) in [6.45, 7) is 2.00. The third kappa shape index (κ3) is 4.90. The lowest BCUT2D eigenvalue weighted by Gasteiger charge is -2.22. The van der Waals surface area contributed by atoms with Crippen molar-refractivity contribution in [2.24, 2.45) is 0 Å². The third-order valence-corrected chi connectivity index (χ3v) is 5.11. The van der Waals surface area contributed by atoms with Crippen molar-refractivity contribution in [1.82, 2.24) is 15.0 Å². The summed E-state index contributed by atoms with van der Waals surface area (Å²) in [6, 6.07) is 16.7. The van der Waals surface area contributed by atoms with Gasteiger partial charge in [0.15, 0.2) is 5.65 Å². The Morgan fingerprint density at radius 3 is 2.26 bits per heavy atom. The summed E-state index contributed by atoms with van der Waals surface area (Å²) in [4.78, 5) is 23.6. The average molecular weight is 456 g/mol. The highest BCUT2D eigenvalue weighted by Gasteiger charge is 2.18. The van der Waals surface area contributed by atoms with E-state index in [-0.39, 0.29) is 12.6 Å². The number of hydrogen-bond donors (Lipinski definition) is 3. The molecule has 2 heterocycles. The summed E-state index contributed by atoms with van der Waals surface area (Å²) in [7, 11) is 0. The largest absolute Gasteiger partial charge is 0.450 e. The molecule has 2 aromatic carbocycles. The Balaban J connectivity index is 1.75. The molecule has 4 rings (SSSR count). The number of H-pyrrole nitrogens is 1. The minimum absolute atomic E-state index is 0.223. The molecule has 9 heteroatoms. The quantitative estimate of drug-likeness (QED) is 0.329. The number of fused-ring (bicyclic) bond motifs is 1. The van der Waals surface area contributed by atoms with Crippen LogP contribution in [0.1, 0.15) is 24.1 Å². The van der Waals surface area contributed by atoms with Crippen LogP contribution in [0.5, 0.6) is 0 Å². The standard InChI is InChI=1S/C22H19Cl2N5O2/c1-2-31-22(30)29-18-11-17(20-21(28-18)26-12-25-20)27-19(13-3-7-15(23)8-4-13)14-5-9-16(24)10-6-14/h3-12,19H,2H2,1H3,(H3,25,26,27,28,29,30). The first-order valence-electron chi connectivity index (χ1n) is 9.59. The van der Waals surface area contributed by atoms with Crippen molar-refractivity contribution in [2.45, 2.75) is 13.0 Å². The van der Waals surface area contributed by atoms with Crippen molar-refractivity contribution in [3.8, 4) is 0 Å². The van der Waals surface area contributed by atoms with Crippen LogP contribution >= 0.6 is 23.2 Å². The van der Waals surface area contributed by atoms with Gasteiger partial charge in [0, 0.05) is 16.1 Å². The maximum atomic E-state index is 11.9. The summed E-state index contributed by atoms with van der Waals surface area (Å²) in [6.07, 6.45) is 0.971. The fourth-order valence-electron chi connectivity index (χ4n) is 3.20. The van der Waals surface area contributed by atoms with Gasteiger partial charge in [0.05, 0.1) is 24.7 Å². The molecule has 0 unspecified atom stereocenters. The molecule has 0 saturated carbocycles. The molecule has 0 aliphatic rings. The molecule has 0 bridgehead atoms. The number of aromatic amines is 1. The van der Waals surface area contributed by atoms with Crippen molar-refractivity contribution in [3.05, 3.63) is 82.1 Å². The van der Waals surface area contributed by atoms with Gasteiger partial charge in [-0.2, -0.15) is 0 Å². The van der Waals surface area contributed by atoms with Gasteiger partial charge in [-0.15, -0.1) is 0 Å². The Morgan fingerprint density at radius 1 is 1.06 bits per heavy atom. The zero-order valence-corrected chi connectivity index (χ0v) is 18.0. The zero-order valence-electron chi connectivity index (χ0n) is 16.5. The Morgan fingerprint density at radius 2 is 1.68 bits per heavy atom. The van der Waals surface area contributed by atoms with Crippen LogP contribution in [-0.4, -0.2) is 27.7 Å². The summed E-state index contributed by atoms with van der Waals surface area (Å²) in [5.74, 6) is 0.325. The van der Waals surface area contributed by atoms with Crippen molar-refractivity contribution < 1.29 is 9.53 Å². The van der Waals surface area contributed by atoms with E-state index in [2.05, 4.69) is 25.6 Å². The zero-order chi connectivity index (χ0) is 21.8. The van der Waals surface area contributed by atoms with Gasteiger partial charge in [-0.1, -0.05) is 47.5 Å². The van der Waals surface area contributed by atoms with Gasteiger partial charge in [-0.3, -0.25) is 5.32 Å². The third-order valence-electron chi connectivity index (χ3n) is 4.61. The number of hydrogen-bond acceptors (Lipinski definition) is 5. The molecule has 158 valence electrons. The van der Waals surface area contributed by atoms with Crippen LogP contribution in [-0.2, 0) is 4.74 Å². The molecule has 0 aliphatic heterocycles. The molecule has 0 fully saturated rings. The lowest BCUT2D eigenvalue weighted by Crippen LogP contribution is -2.16. The first-order chi connectivity index (χ1) is 15.0. The lowest BCUT2D eigenvalue weighted by molar-refractivity contribution is 0.168. The van der Waals surface area contributed by atoms with Gasteiger partial charge in [0.1, 0.15) is 11.3 Å². The molecular formula is C22H19Cl2N5O2. The number of pyridine rings is 1. The Kier molecular flexibility index (Phi) is 6.25. The first kappa shape index (κ1) is 21.0. The Bertz CT molecular complexity index is 1150. The molecule has 31 heavy (non-hydrogen) atoms. The number of nitrogens with zero attached hydrogens (tertiary/aromatic N) is 2. The molecule has 0 atom stereocenters. The maximum Gasteiger partial charge on any atom is 0.412 e. The van der Waals surface area contributed by atoms with Crippen LogP contribution in [0.2, 0.25) is 10.0 Å². The Labute approximate surface area is 188 Å². The van der Waals surface area contributed by atoms with Crippen LogP contribution in [0.4, 0.5) is 16.3 Å². The highest BCUT2D eigenvalue weighted by atomic mass is 35.5. The molecule has 3 N–H and O–H groups in total. The number of halogens is 2. The molecule has 7 nitrogen and oxygen atoms in total. The topological polar surface area (TPSA) is 91.9 Å². The molecule has 4 aromatic rings. The summed E-state index contributed by atoms with van der Waals surface area (Å²) >= 11 is 12.2. The number of carbonyl (C=O) groups excluding carboxylic acids is 1. The number of ether oxygens (including phenoxy) is 1. The fourth-order valence-corrected chi connectivity index (χ4v) is 3.45. The molecular weight excluding hydrogens is 437 g/mol. The first-order valence-corrected chi connectivity index (χ1v) is 10.3. The smallest absolute Gasteiger partial charge is 0.412 e. The van der Waals surface area contributed by atoms with Crippen LogP contribution in [0, 0.1) is 0 Å². The molecule has 0 radical (unpaired) electrons. The van der Waals surface area contributed by atoms with E-state index < -0.39 is 6.09 Å². The summed E-state index contributed by atoms with van der Waals surface area (Å²) in [5.41, 5.74) is 3.88. The van der Waals surface area contributed by atoms with Gasteiger partial charge >= 0.3 is 6.09 Å². The van der Waals surface area contributed by atoms with E-state index in [1.165, 1.54) is 0 Å². The van der Waals surface area contributed by atoms with Crippen LogP contribution in [0.15, 0.2) is 60.9 Å². The number of imidazole rings is 1. The normalized spacial score (nSPS) is 11.0. The highest BCUT2D eigenvalue weighted by Crippen LogP contribution is 2.32. The van der Waals surface area contributed by atoms with Gasteiger partial charge in [-0.05, 0) is 42.3 Å².